The van der Waals surface area contributed by atoms with Crippen molar-refractivity contribution in [2.75, 3.05) is 13.2 Å². The molecule has 0 saturated carbocycles. The molecule has 0 N–H and O–H groups in total. The van der Waals surface area contributed by atoms with E-state index in [9.17, 15) is 9.59 Å². The first-order chi connectivity index (χ1) is 20.4. The maximum atomic E-state index is 12.3. The molecule has 242 valence electrons. The van der Waals surface area contributed by atoms with E-state index >= 15 is 0 Å². The van der Waals surface area contributed by atoms with Gasteiger partial charge in [0, 0.05) is 0 Å². The number of carbonyl (C=O) groups is 2. The Morgan fingerprint density at radius 2 is 0.667 bits per heavy atom. The van der Waals surface area contributed by atoms with Gasteiger partial charge in [0.05, 0.1) is 24.3 Å². The molecule has 1 aromatic carbocycles. The predicted octanol–water partition coefficient (Wildman–Crippen LogP) is 11.9. The zero-order valence-corrected chi connectivity index (χ0v) is 28.1. The number of rotatable bonds is 28. The number of carbonyl (C=O) groups excluding carboxylic acids is 2. The summed E-state index contributed by atoms with van der Waals surface area (Å²) in [5.74, 6) is 1.03. The van der Waals surface area contributed by atoms with E-state index in [0.717, 1.165) is 37.5 Å². The fourth-order valence-corrected chi connectivity index (χ4v) is 5.38. The van der Waals surface area contributed by atoms with Crippen LogP contribution in [0.5, 0.6) is 0 Å². The van der Waals surface area contributed by atoms with E-state index in [4.69, 9.17) is 9.47 Å². The van der Waals surface area contributed by atoms with Gasteiger partial charge in [-0.3, -0.25) is 0 Å². The summed E-state index contributed by atoms with van der Waals surface area (Å²) in [6.45, 7) is 10.1. The maximum absolute atomic E-state index is 12.3. The lowest BCUT2D eigenvalue weighted by Crippen LogP contribution is -2.09. The van der Waals surface area contributed by atoms with Crippen molar-refractivity contribution >= 4 is 11.9 Å². The van der Waals surface area contributed by atoms with Gasteiger partial charge < -0.3 is 9.47 Å². The number of unbranched alkanes of at least 4 members (excludes halogenated alkanes) is 18. The zero-order chi connectivity index (χ0) is 30.7. The summed E-state index contributed by atoms with van der Waals surface area (Å²) >= 11 is 0. The molecule has 0 bridgehead atoms. The lowest BCUT2D eigenvalue weighted by Gasteiger charge is -2.07. The SMILES string of the molecule is CC(C)CCCCCCCCCCCCOC(=O)c1ccc(C(=O)OCCCCCCCCCCCCC(C)C)cc1. The first kappa shape index (κ1) is 38.2. The van der Waals surface area contributed by atoms with Gasteiger partial charge in [-0.25, -0.2) is 9.59 Å². The van der Waals surface area contributed by atoms with Crippen LogP contribution in [0.3, 0.4) is 0 Å². The van der Waals surface area contributed by atoms with Gasteiger partial charge >= 0.3 is 11.9 Å². The van der Waals surface area contributed by atoms with Gasteiger partial charge in [0.15, 0.2) is 0 Å². The Labute approximate surface area is 260 Å². The van der Waals surface area contributed by atoms with Gasteiger partial charge in [-0.15, -0.1) is 0 Å². The molecule has 4 nitrogen and oxygen atoms in total. The Morgan fingerprint density at radius 3 is 0.929 bits per heavy atom. The third-order valence-electron chi connectivity index (χ3n) is 8.17. The Morgan fingerprint density at radius 1 is 0.429 bits per heavy atom. The fourth-order valence-electron chi connectivity index (χ4n) is 5.38. The molecule has 0 aliphatic carbocycles. The van der Waals surface area contributed by atoms with E-state index in [1.54, 1.807) is 24.3 Å². The van der Waals surface area contributed by atoms with Crippen molar-refractivity contribution in [2.24, 2.45) is 11.8 Å². The van der Waals surface area contributed by atoms with Crippen molar-refractivity contribution in [1.29, 1.82) is 0 Å². The molecule has 1 rings (SSSR count). The van der Waals surface area contributed by atoms with Crippen LogP contribution in [0.15, 0.2) is 24.3 Å². The number of benzene rings is 1. The molecule has 0 spiro atoms. The fraction of sp³-hybridized carbons (Fsp3) is 0.789. The number of hydrogen-bond donors (Lipinski definition) is 0. The Kier molecular flexibility index (Phi) is 24.3. The van der Waals surface area contributed by atoms with Gasteiger partial charge in [-0.05, 0) is 48.9 Å². The molecule has 0 fully saturated rings. The van der Waals surface area contributed by atoms with Crippen LogP contribution in [0.2, 0.25) is 0 Å². The third kappa shape index (κ3) is 22.7. The Balaban J connectivity index is 1.98. The van der Waals surface area contributed by atoms with E-state index in [0.29, 0.717) is 24.3 Å². The van der Waals surface area contributed by atoms with Gasteiger partial charge in [0.2, 0.25) is 0 Å². The first-order valence-corrected chi connectivity index (χ1v) is 17.8. The second-order valence-corrected chi connectivity index (χ2v) is 13.3. The summed E-state index contributed by atoms with van der Waals surface area (Å²) in [5.41, 5.74) is 0.964. The van der Waals surface area contributed by atoms with E-state index in [2.05, 4.69) is 27.7 Å². The van der Waals surface area contributed by atoms with Crippen molar-refractivity contribution < 1.29 is 19.1 Å². The van der Waals surface area contributed by atoms with Crippen LogP contribution >= 0.6 is 0 Å². The van der Waals surface area contributed by atoms with E-state index < -0.39 is 0 Å². The molecule has 0 aliphatic heterocycles. The molecule has 1 aromatic rings. The van der Waals surface area contributed by atoms with Crippen LogP contribution in [0.4, 0.5) is 0 Å². The monoisotopic (exact) mass is 586 g/mol. The average Bonchev–Trinajstić information content (AvgIpc) is 2.97. The number of ether oxygens (including phenoxy) is 2. The van der Waals surface area contributed by atoms with Crippen LogP contribution < -0.4 is 0 Å². The molecule has 0 unspecified atom stereocenters. The van der Waals surface area contributed by atoms with Crippen LogP contribution in [-0.4, -0.2) is 25.2 Å². The highest BCUT2D eigenvalue weighted by Crippen LogP contribution is 2.15. The van der Waals surface area contributed by atoms with Gasteiger partial charge in [0.25, 0.3) is 0 Å². The molecule has 0 aliphatic rings. The minimum absolute atomic E-state index is 0.321. The largest absolute Gasteiger partial charge is 0.462 e. The molecular weight excluding hydrogens is 520 g/mol. The summed E-state index contributed by atoms with van der Waals surface area (Å²) in [7, 11) is 0. The second-order valence-electron chi connectivity index (χ2n) is 13.3. The average molecular weight is 587 g/mol. The minimum Gasteiger partial charge on any atom is -0.462 e. The minimum atomic E-state index is -0.321. The Hall–Kier alpha value is -1.84. The third-order valence-corrected chi connectivity index (χ3v) is 8.17. The molecule has 0 amide bonds. The maximum Gasteiger partial charge on any atom is 0.338 e. The smallest absolute Gasteiger partial charge is 0.338 e. The summed E-state index contributed by atoms with van der Waals surface area (Å²) in [4.78, 5) is 24.7. The van der Waals surface area contributed by atoms with E-state index in [1.807, 2.05) is 0 Å². The highest BCUT2D eigenvalue weighted by molar-refractivity contribution is 5.93. The van der Waals surface area contributed by atoms with Crippen LogP contribution in [0.1, 0.15) is 190 Å². The molecule has 0 radical (unpaired) electrons. The summed E-state index contributed by atoms with van der Waals surface area (Å²) < 4.78 is 10.9. The highest BCUT2D eigenvalue weighted by Gasteiger charge is 2.11. The number of esters is 2. The molecule has 0 atom stereocenters. The molecule has 0 saturated heterocycles. The summed E-state index contributed by atoms with van der Waals surface area (Å²) in [6, 6.07) is 6.64. The second kappa shape index (κ2) is 26.8. The van der Waals surface area contributed by atoms with Crippen molar-refractivity contribution in [3.05, 3.63) is 35.4 Å². The van der Waals surface area contributed by atoms with Crippen LogP contribution in [-0.2, 0) is 9.47 Å². The normalized spacial score (nSPS) is 11.4. The number of hydrogen-bond acceptors (Lipinski definition) is 4. The lowest BCUT2D eigenvalue weighted by atomic mass is 10.0. The van der Waals surface area contributed by atoms with Crippen LogP contribution in [0, 0.1) is 11.8 Å². The van der Waals surface area contributed by atoms with Gasteiger partial charge in [-0.2, -0.15) is 0 Å². The first-order valence-electron chi connectivity index (χ1n) is 17.8. The molecule has 4 heteroatoms. The summed E-state index contributed by atoms with van der Waals surface area (Å²) in [5, 5.41) is 0. The van der Waals surface area contributed by atoms with Crippen LogP contribution in [0.25, 0.3) is 0 Å². The molecule has 0 heterocycles. The molecule has 0 aromatic heterocycles. The quantitative estimate of drug-likeness (QED) is 0.0724. The van der Waals surface area contributed by atoms with Crippen molar-refractivity contribution in [3.8, 4) is 0 Å². The van der Waals surface area contributed by atoms with Crippen molar-refractivity contribution in [2.45, 2.75) is 169 Å². The predicted molar refractivity (Wildman–Crippen MR) is 178 cm³/mol. The standard InChI is InChI=1S/C38H66O4/c1-33(2)25-21-17-13-9-5-7-11-15-19-23-31-41-37(39)35-27-29-36(30-28-35)38(40)42-32-24-20-16-12-8-6-10-14-18-22-26-34(3)4/h27-30,33-34H,5-26,31-32H2,1-4H3. The van der Waals surface area contributed by atoms with Crippen molar-refractivity contribution in [1.82, 2.24) is 0 Å². The van der Waals surface area contributed by atoms with E-state index in [1.165, 1.54) is 116 Å². The Bertz CT molecular complexity index is 703. The summed E-state index contributed by atoms with van der Waals surface area (Å²) in [6.07, 6.45) is 28.1. The topological polar surface area (TPSA) is 52.6 Å². The molecular formula is C38H66O4. The van der Waals surface area contributed by atoms with Gasteiger partial charge in [-0.1, -0.05) is 156 Å². The molecule has 42 heavy (non-hydrogen) atoms. The lowest BCUT2D eigenvalue weighted by molar-refractivity contribution is 0.0483. The van der Waals surface area contributed by atoms with E-state index in [-0.39, 0.29) is 11.9 Å². The highest BCUT2D eigenvalue weighted by atomic mass is 16.5. The van der Waals surface area contributed by atoms with Crippen molar-refractivity contribution in [3.63, 3.8) is 0 Å². The zero-order valence-electron chi connectivity index (χ0n) is 28.1. The van der Waals surface area contributed by atoms with Gasteiger partial charge in [0.1, 0.15) is 0 Å².